The molecule has 1 aromatic rings. The number of aromatic nitrogens is 2. The predicted molar refractivity (Wildman–Crippen MR) is 80.9 cm³/mol. The monoisotopic (exact) mass is 306 g/mol. The summed E-state index contributed by atoms with van der Waals surface area (Å²) in [6.45, 7) is 1.70. The first kappa shape index (κ1) is 15.0. The maximum atomic E-state index is 11.8. The molecular weight excluding hydrogens is 284 g/mol. The molecule has 2 saturated heterocycles. The van der Waals surface area contributed by atoms with Crippen molar-refractivity contribution in [1.82, 2.24) is 14.9 Å². The van der Waals surface area contributed by atoms with Gasteiger partial charge in [-0.15, -0.1) is 0 Å². The van der Waals surface area contributed by atoms with Crippen LogP contribution >= 0.6 is 0 Å². The quantitative estimate of drug-likeness (QED) is 0.809. The lowest BCUT2D eigenvalue weighted by molar-refractivity contribution is -0.131. The molecule has 3 heterocycles. The summed E-state index contributed by atoms with van der Waals surface area (Å²) in [5.41, 5.74) is 0. The fraction of sp³-hybridized carbons (Fsp3) is 0.667. The van der Waals surface area contributed by atoms with E-state index in [-0.39, 0.29) is 18.1 Å². The van der Waals surface area contributed by atoms with E-state index in [1.807, 2.05) is 6.07 Å². The molecule has 7 heteroatoms. The summed E-state index contributed by atoms with van der Waals surface area (Å²) in [4.78, 5) is 23.9. The van der Waals surface area contributed by atoms with Crippen molar-refractivity contribution >= 4 is 11.7 Å². The summed E-state index contributed by atoms with van der Waals surface area (Å²) in [7, 11) is 5.16. The summed E-state index contributed by atoms with van der Waals surface area (Å²) in [6, 6.07) is 1.84. The zero-order valence-electron chi connectivity index (χ0n) is 13.2. The number of hydrogen-bond donors (Lipinski definition) is 0. The second kappa shape index (κ2) is 6.08. The summed E-state index contributed by atoms with van der Waals surface area (Å²) < 4.78 is 11.2. The Bertz CT molecular complexity index is 537. The van der Waals surface area contributed by atoms with E-state index in [0.717, 1.165) is 25.3 Å². The summed E-state index contributed by atoms with van der Waals surface area (Å²) in [6.07, 6.45) is 3.15. The van der Waals surface area contributed by atoms with Gasteiger partial charge < -0.3 is 19.3 Å². The third kappa shape index (κ3) is 2.99. The van der Waals surface area contributed by atoms with Crippen LogP contribution in [-0.2, 0) is 9.53 Å². The van der Waals surface area contributed by atoms with Crippen molar-refractivity contribution in [3.63, 3.8) is 0 Å². The van der Waals surface area contributed by atoms with Gasteiger partial charge in [0, 0.05) is 39.2 Å². The minimum absolute atomic E-state index is 0.0481. The van der Waals surface area contributed by atoms with Crippen LogP contribution in [0.2, 0.25) is 0 Å². The predicted octanol–water partition coefficient (Wildman–Crippen LogP) is 0.557. The lowest BCUT2D eigenvalue weighted by atomic mass is 10.0. The first-order valence-electron chi connectivity index (χ1n) is 7.53. The second-order valence-corrected chi connectivity index (χ2v) is 6.11. The SMILES string of the molecule is COc1cc(N2C[C@H]3C[C@H](CC(=O)N(C)C)O[C@@H]3C2)ncn1. The van der Waals surface area contributed by atoms with Crippen molar-refractivity contribution in [3.8, 4) is 5.88 Å². The van der Waals surface area contributed by atoms with Gasteiger partial charge in [0.25, 0.3) is 0 Å². The van der Waals surface area contributed by atoms with Gasteiger partial charge in [-0.05, 0) is 6.42 Å². The van der Waals surface area contributed by atoms with Crippen LogP contribution in [0, 0.1) is 5.92 Å². The Kier molecular flexibility index (Phi) is 4.15. The summed E-state index contributed by atoms with van der Waals surface area (Å²) >= 11 is 0. The van der Waals surface area contributed by atoms with Crippen LogP contribution in [0.25, 0.3) is 0 Å². The highest BCUT2D eigenvalue weighted by Crippen LogP contribution is 2.36. The van der Waals surface area contributed by atoms with Gasteiger partial charge in [-0.25, -0.2) is 9.97 Å². The minimum atomic E-state index is 0.0481. The molecule has 3 rings (SSSR count). The topological polar surface area (TPSA) is 67.8 Å². The molecule has 1 amide bonds. The average molecular weight is 306 g/mol. The molecule has 2 fully saturated rings. The lowest BCUT2D eigenvalue weighted by Crippen LogP contribution is -2.29. The van der Waals surface area contributed by atoms with Gasteiger partial charge in [-0.1, -0.05) is 0 Å². The van der Waals surface area contributed by atoms with Crippen molar-refractivity contribution in [3.05, 3.63) is 12.4 Å². The molecule has 3 atom stereocenters. The summed E-state index contributed by atoms with van der Waals surface area (Å²) in [5.74, 6) is 2.02. The number of fused-ring (bicyclic) bond motifs is 1. The van der Waals surface area contributed by atoms with E-state index in [1.165, 1.54) is 6.33 Å². The van der Waals surface area contributed by atoms with Crippen LogP contribution in [0.3, 0.4) is 0 Å². The minimum Gasteiger partial charge on any atom is -0.481 e. The van der Waals surface area contributed by atoms with Crippen LogP contribution < -0.4 is 9.64 Å². The van der Waals surface area contributed by atoms with Gasteiger partial charge in [0.05, 0.1) is 25.7 Å². The smallest absolute Gasteiger partial charge is 0.224 e. The van der Waals surface area contributed by atoms with Crippen LogP contribution in [0.15, 0.2) is 12.4 Å². The molecule has 2 aliphatic heterocycles. The van der Waals surface area contributed by atoms with E-state index in [9.17, 15) is 4.79 Å². The molecule has 7 nitrogen and oxygen atoms in total. The Morgan fingerprint density at radius 1 is 1.45 bits per heavy atom. The summed E-state index contributed by atoms with van der Waals surface area (Å²) in [5, 5.41) is 0. The maximum absolute atomic E-state index is 11.8. The van der Waals surface area contributed by atoms with Crippen LogP contribution in [0.5, 0.6) is 5.88 Å². The lowest BCUT2D eigenvalue weighted by Gasteiger charge is -2.20. The molecule has 22 heavy (non-hydrogen) atoms. The zero-order chi connectivity index (χ0) is 15.7. The van der Waals surface area contributed by atoms with E-state index in [1.54, 1.807) is 26.1 Å². The van der Waals surface area contributed by atoms with Gasteiger partial charge in [-0.2, -0.15) is 0 Å². The van der Waals surface area contributed by atoms with Crippen molar-refractivity contribution < 1.29 is 14.3 Å². The maximum Gasteiger partial charge on any atom is 0.224 e. The Hall–Kier alpha value is -1.89. The standard InChI is InChI=1S/C15H22N4O3/c1-18(2)15(20)5-11-4-10-7-19(8-12(10)22-11)13-6-14(21-3)17-9-16-13/h6,9-12H,4-5,7-8H2,1-3H3/t10-,11-,12-/m1/s1. The van der Waals surface area contributed by atoms with E-state index >= 15 is 0 Å². The van der Waals surface area contributed by atoms with E-state index in [4.69, 9.17) is 9.47 Å². The fourth-order valence-electron chi connectivity index (χ4n) is 3.17. The molecule has 2 aliphatic rings. The van der Waals surface area contributed by atoms with Crippen LogP contribution in [-0.4, -0.2) is 67.3 Å². The number of carbonyl (C=O) groups excluding carboxylic acids is 1. The fourth-order valence-corrected chi connectivity index (χ4v) is 3.17. The Labute approximate surface area is 130 Å². The van der Waals surface area contributed by atoms with Gasteiger partial charge >= 0.3 is 0 Å². The zero-order valence-corrected chi connectivity index (χ0v) is 13.2. The number of nitrogens with zero attached hydrogens (tertiary/aromatic N) is 4. The van der Waals surface area contributed by atoms with Crippen molar-refractivity contribution in [2.45, 2.75) is 25.0 Å². The third-order valence-electron chi connectivity index (χ3n) is 4.38. The van der Waals surface area contributed by atoms with Crippen LogP contribution in [0.4, 0.5) is 5.82 Å². The largest absolute Gasteiger partial charge is 0.481 e. The molecule has 0 aliphatic carbocycles. The Morgan fingerprint density at radius 2 is 2.27 bits per heavy atom. The molecule has 0 unspecified atom stereocenters. The van der Waals surface area contributed by atoms with Crippen molar-refractivity contribution in [2.24, 2.45) is 5.92 Å². The molecule has 0 saturated carbocycles. The Balaban J connectivity index is 1.58. The molecular formula is C15H22N4O3. The molecule has 0 spiro atoms. The van der Waals surface area contributed by atoms with E-state index in [0.29, 0.717) is 18.2 Å². The van der Waals surface area contributed by atoms with E-state index < -0.39 is 0 Å². The highest BCUT2D eigenvalue weighted by atomic mass is 16.5. The first-order valence-corrected chi connectivity index (χ1v) is 7.53. The normalized spacial score (nSPS) is 26.9. The number of carbonyl (C=O) groups is 1. The highest BCUT2D eigenvalue weighted by Gasteiger charge is 2.43. The van der Waals surface area contributed by atoms with E-state index in [2.05, 4.69) is 14.9 Å². The second-order valence-electron chi connectivity index (χ2n) is 6.11. The van der Waals surface area contributed by atoms with Crippen molar-refractivity contribution in [1.29, 1.82) is 0 Å². The molecule has 0 radical (unpaired) electrons. The van der Waals surface area contributed by atoms with Crippen LogP contribution in [0.1, 0.15) is 12.8 Å². The number of hydrogen-bond acceptors (Lipinski definition) is 6. The molecule has 0 N–H and O–H groups in total. The van der Waals surface area contributed by atoms with Gasteiger partial charge in [-0.3, -0.25) is 4.79 Å². The number of amides is 1. The molecule has 1 aromatic heterocycles. The van der Waals surface area contributed by atoms with Gasteiger partial charge in [0.1, 0.15) is 12.1 Å². The van der Waals surface area contributed by atoms with Crippen molar-refractivity contribution in [2.75, 3.05) is 39.2 Å². The highest BCUT2D eigenvalue weighted by molar-refractivity contribution is 5.76. The number of anilines is 1. The number of methoxy groups -OCH3 is 1. The third-order valence-corrected chi connectivity index (χ3v) is 4.38. The first-order chi connectivity index (χ1) is 10.6. The number of ether oxygens (including phenoxy) is 2. The molecule has 0 bridgehead atoms. The van der Waals surface area contributed by atoms with Gasteiger partial charge in [0.2, 0.25) is 11.8 Å². The molecule has 0 aromatic carbocycles. The number of rotatable bonds is 4. The molecule has 120 valence electrons. The van der Waals surface area contributed by atoms with Gasteiger partial charge in [0.15, 0.2) is 0 Å². The Morgan fingerprint density at radius 3 is 2.95 bits per heavy atom. The average Bonchev–Trinajstić information content (AvgIpc) is 3.05.